The lowest BCUT2D eigenvalue weighted by Crippen LogP contribution is -2.61. The lowest BCUT2D eigenvalue weighted by atomic mass is 10.0. The van der Waals surface area contributed by atoms with Gasteiger partial charge in [-0.2, -0.15) is 0 Å². The number of amides is 2. The predicted molar refractivity (Wildman–Crippen MR) is 139 cm³/mol. The van der Waals surface area contributed by atoms with E-state index in [1.165, 1.54) is 0 Å². The molecule has 0 radical (unpaired) electrons. The third-order valence-corrected chi connectivity index (χ3v) is 6.34. The second-order valence-corrected chi connectivity index (χ2v) is 9.22. The Morgan fingerprint density at radius 2 is 1.36 bits per heavy atom. The summed E-state index contributed by atoms with van der Waals surface area (Å²) >= 11 is 0. The maximum absolute atomic E-state index is 12.7. The Bertz CT molecular complexity index is 825. The Hall–Kier alpha value is -2.13. The van der Waals surface area contributed by atoms with Crippen molar-refractivity contribution >= 4 is 11.8 Å². The highest BCUT2D eigenvalue weighted by molar-refractivity contribution is 5.97. The van der Waals surface area contributed by atoms with Gasteiger partial charge < -0.3 is 47.9 Å². The molecule has 2 aliphatic rings. The summed E-state index contributed by atoms with van der Waals surface area (Å²) in [6, 6.07) is -0.832. The largest absolute Gasteiger partial charge is 0.382 e. The number of methoxy groups -OCH3 is 1. The maximum Gasteiger partial charge on any atom is 0.246 e. The van der Waals surface area contributed by atoms with Crippen LogP contribution in [0.15, 0.2) is 12.5 Å². The van der Waals surface area contributed by atoms with Crippen molar-refractivity contribution in [2.45, 2.75) is 37.9 Å². The number of nitrogens with zero attached hydrogens (tertiary/aromatic N) is 3. The SMILES string of the molecule is COCCOCCOCCOCCOCCOCCOCCn1cnc(CC2NC(=O)C3CCCN3C2=O)c1. The van der Waals surface area contributed by atoms with Gasteiger partial charge in [-0.15, -0.1) is 0 Å². The molecule has 0 aromatic carbocycles. The predicted octanol–water partition coefficient (Wildman–Crippen LogP) is -0.339. The average Bonchev–Trinajstić information content (AvgIpc) is 3.61. The number of carbonyl (C=O) groups is 2. The zero-order valence-corrected chi connectivity index (χ0v) is 23.1. The molecule has 0 spiro atoms. The van der Waals surface area contributed by atoms with Crippen LogP contribution in [-0.4, -0.2) is 138 Å². The Morgan fingerprint density at radius 3 is 1.92 bits per heavy atom. The smallest absolute Gasteiger partial charge is 0.246 e. The van der Waals surface area contributed by atoms with Crippen molar-refractivity contribution in [2.24, 2.45) is 0 Å². The molecule has 39 heavy (non-hydrogen) atoms. The molecule has 1 aromatic rings. The Labute approximate surface area is 230 Å². The quantitative estimate of drug-likeness (QED) is 0.179. The van der Waals surface area contributed by atoms with Crippen molar-refractivity contribution in [1.82, 2.24) is 19.8 Å². The summed E-state index contributed by atoms with van der Waals surface area (Å²) in [5.41, 5.74) is 0.771. The first kappa shape index (κ1) is 31.4. The highest BCUT2D eigenvalue weighted by Crippen LogP contribution is 2.23. The minimum Gasteiger partial charge on any atom is -0.382 e. The van der Waals surface area contributed by atoms with E-state index in [-0.39, 0.29) is 17.9 Å². The van der Waals surface area contributed by atoms with Crippen LogP contribution in [0.1, 0.15) is 18.5 Å². The number of piperazine rings is 1. The van der Waals surface area contributed by atoms with E-state index < -0.39 is 6.04 Å². The van der Waals surface area contributed by atoms with Crippen molar-refractivity contribution in [2.75, 3.05) is 99.5 Å². The summed E-state index contributed by atoms with van der Waals surface area (Å²) in [4.78, 5) is 31.0. The van der Waals surface area contributed by atoms with Gasteiger partial charge in [0.2, 0.25) is 11.8 Å². The molecular weight excluding hydrogens is 512 g/mol. The van der Waals surface area contributed by atoms with Crippen molar-refractivity contribution in [3.63, 3.8) is 0 Å². The third-order valence-electron chi connectivity index (χ3n) is 6.34. The van der Waals surface area contributed by atoms with Gasteiger partial charge in [-0.3, -0.25) is 9.59 Å². The van der Waals surface area contributed by atoms with Gasteiger partial charge in [-0.05, 0) is 12.8 Å². The van der Waals surface area contributed by atoms with Crippen LogP contribution in [0.25, 0.3) is 0 Å². The van der Waals surface area contributed by atoms with Gasteiger partial charge in [0.25, 0.3) is 0 Å². The number of nitrogens with one attached hydrogen (secondary N) is 1. The molecule has 2 amide bonds. The van der Waals surface area contributed by atoms with Gasteiger partial charge in [-0.25, -0.2) is 4.98 Å². The summed E-state index contributed by atoms with van der Waals surface area (Å²) in [6.45, 7) is 8.12. The third kappa shape index (κ3) is 11.9. The van der Waals surface area contributed by atoms with E-state index in [2.05, 4.69) is 10.3 Å². The summed E-state index contributed by atoms with van der Waals surface area (Å²) in [5.74, 6) is -0.0624. The first-order valence-electron chi connectivity index (χ1n) is 13.8. The zero-order valence-electron chi connectivity index (χ0n) is 23.1. The van der Waals surface area contributed by atoms with Crippen LogP contribution in [0.4, 0.5) is 0 Å². The summed E-state index contributed by atoms with van der Waals surface area (Å²) in [5, 5.41) is 2.86. The highest BCUT2D eigenvalue weighted by Gasteiger charge is 2.42. The van der Waals surface area contributed by atoms with Crippen LogP contribution in [0.3, 0.4) is 0 Å². The van der Waals surface area contributed by atoms with E-state index in [0.29, 0.717) is 105 Å². The van der Waals surface area contributed by atoms with Crippen molar-refractivity contribution < 1.29 is 42.7 Å². The second kappa shape index (κ2) is 19.0. The molecule has 13 nitrogen and oxygen atoms in total. The van der Waals surface area contributed by atoms with Crippen LogP contribution in [-0.2, 0) is 55.7 Å². The van der Waals surface area contributed by atoms with Gasteiger partial charge in [-0.1, -0.05) is 0 Å². The first-order valence-corrected chi connectivity index (χ1v) is 13.8. The van der Waals surface area contributed by atoms with E-state index in [0.717, 1.165) is 18.5 Å². The fourth-order valence-corrected chi connectivity index (χ4v) is 4.33. The molecule has 0 bridgehead atoms. The lowest BCUT2D eigenvalue weighted by molar-refractivity contribution is -0.147. The van der Waals surface area contributed by atoms with Crippen molar-refractivity contribution in [3.8, 4) is 0 Å². The molecule has 222 valence electrons. The topological polar surface area (TPSA) is 132 Å². The van der Waals surface area contributed by atoms with Crippen LogP contribution < -0.4 is 5.32 Å². The van der Waals surface area contributed by atoms with Crippen LogP contribution in [0.2, 0.25) is 0 Å². The molecule has 1 N–H and O–H groups in total. The van der Waals surface area contributed by atoms with Crippen LogP contribution in [0, 0.1) is 0 Å². The monoisotopic (exact) mass is 556 g/mol. The van der Waals surface area contributed by atoms with Crippen molar-refractivity contribution in [3.05, 3.63) is 18.2 Å². The maximum atomic E-state index is 12.7. The van der Waals surface area contributed by atoms with Gasteiger partial charge >= 0.3 is 0 Å². The number of imidazole rings is 1. The average molecular weight is 557 g/mol. The van der Waals surface area contributed by atoms with Gasteiger partial charge in [0.05, 0.1) is 97.9 Å². The molecule has 2 fully saturated rings. The Kier molecular flexibility index (Phi) is 15.3. The Morgan fingerprint density at radius 1 is 0.821 bits per heavy atom. The van der Waals surface area contributed by atoms with E-state index in [9.17, 15) is 9.59 Å². The molecule has 13 heteroatoms. The summed E-state index contributed by atoms with van der Waals surface area (Å²) in [7, 11) is 1.64. The van der Waals surface area contributed by atoms with E-state index in [4.69, 9.17) is 33.2 Å². The number of fused-ring (bicyclic) bond motifs is 1. The zero-order chi connectivity index (χ0) is 27.5. The second-order valence-electron chi connectivity index (χ2n) is 9.22. The van der Waals surface area contributed by atoms with E-state index in [1.54, 1.807) is 18.3 Å². The number of aromatic nitrogens is 2. The number of hydrogen-bond donors (Lipinski definition) is 1. The van der Waals surface area contributed by atoms with Crippen molar-refractivity contribution in [1.29, 1.82) is 0 Å². The number of hydrogen-bond acceptors (Lipinski definition) is 10. The molecule has 2 atom stereocenters. The molecule has 0 aliphatic carbocycles. The molecule has 2 saturated heterocycles. The molecule has 2 aliphatic heterocycles. The first-order chi connectivity index (χ1) is 19.2. The number of ether oxygens (including phenoxy) is 7. The normalized spacial score (nSPS) is 19.1. The standard InChI is InChI=1S/C26H44N4O9/c1-33-7-8-35-11-12-37-15-16-39-18-17-38-14-13-36-10-9-34-6-5-29-20-22(27-21-29)19-23-26(32)30-4-2-3-24(30)25(31)28-23/h20-21,23-24H,2-19H2,1H3,(H,28,31). The van der Waals surface area contributed by atoms with Crippen LogP contribution >= 0.6 is 0 Å². The summed E-state index contributed by atoms with van der Waals surface area (Å²) < 4.78 is 39.5. The molecule has 2 unspecified atom stereocenters. The minimum atomic E-state index is -0.540. The molecule has 1 aromatic heterocycles. The minimum absolute atomic E-state index is 0.00816. The highest BCUT2D eigenvalue weighted by atomic mass is 16.6. The fraction of sp³-hybridized carbons (Fsp3) is 0.808. The number of carbonyl (C=O) groups excluding carboxylic acids is 2. The molecular formula is C26H44N4O9. The lowest BCUT2D eigenvalue weighted by Gasteiger charge is -2.34. The molecule has 0 saturated carbocycles. The van der Waals surface area contributed by atoms with Gasteiger partial charge in [0.15, 0.2) is 0 Å². The van der Waals surface area contributed by atoms with E-state index >= 15 is 0 Å². The molecule has 3 heterocycles. The Balaban J connectivity index is 1.08. The van der Waals surface area contributed by atoms with Gasteiger partial charge in [0, 0.05) is 32.8 Å². The summed E-state index contributed by atoms with van der Waals surface area (Å²) in [6.07, 6.45) is 5.63. The molecule has 3 rings (SSSR count). The van der Waals surface area contributed by atoms with Crippen LogP contribution in [0.5, 0.6) is 0 Å². The van der Waals surface area contributed by atoms with Gasteiger partial charge in [0.1, 0.15) is 12.1 Å². The van der Waals surface area contributed by atoms with E-state index in [1.807, 2.05) is 10.8 Å². The number of rotatable bonds is 23. The fourth-order valence-electron chi connectivity index (χ4n) is 4.33.